The van der Waals surface area contributed by atoms with Crippen molar-refractivity contribution in [2.75, 3.05) is 0 Å². The maximum Gasteiger partial charge on any atom is 0.325 e. The van der Waals surface area contributed by atoms with Gasteiger partial charge >= 0.3 is 5.69 Å². The fourth-order valence-corrected chi connectivity index (χ4v) is 2.49. The Morgan fingerprint density at radius 2 is 1.87 bits per heavy atom. The number of rotatable bonds is 2. The topological polar surface area (TPSA) is 87.3 Å². The van der Waals surface area contributed by atoms with Gasteiger partial charge in [0, 0.05) is 35.3 Å². The second-order valence-electron chi connectivity index (χ2n) is 4.96. The van der Waals surface area contributed by atoms with Gasteiger partial charge in [-0.15, -0.1) is 0 Å². The van der Waals surface area contributed by atoms with Crippen LogP contribution in [0.15, 0.2) is 53.8 Å². The van der Waals surface area contributed by atoms with Crippen molar-refractivity contribution in [2.45, 2.75) is 0 Å². The third kappa shape index (κ3) is 2.28. The van der Waals surface area contributed by atoms with Gasteiger partial charge in [-0.1, -0.05) is 0 Å². The van der Waals surface area contributed by atoms with Gasteiger partial charge in [0.15, 0.2) is 5.65 Å². The molecule has 0 fully saturated rings. The zero-order valence-corrected chi connectivity index (χ0v) is 11.7. The summed E-state index contributed by atoms with van der Waals surface area (Å²) in [4.78, 5) is 29.1. The molecule has 0 saturated heterocycles. The highest BCUT2D eigenvalue weighted by molar-refractivity contribution is 5.88. The molecule has 0 spiro atoms. The molecule has 7 heteroatoms. The van der Waals surface area contributed by atoms with Crippen LogP contribution in [0.25, 0.3) is 33.5 Å². The van der Waals surface area contributed by atoms with E-state index in [2.05, 4.69) is 24.9 Å². The van der Waals surface area contributed by atoms with Crippen LogP contribution >= 0.6 is 0 Å². The maximum absolute atomic E-state index is 14.2. The Labute approximate surface area is 129 Å². The molecular formula is C16H10FN5O. The van der Waals surface area contributed by atoms with Crippen molar-refractivity contribution < 1.29 is 4.39 Å². The predicted molar refractivity (Wildman–Crippen MR) is 83.1 cm³/mol. The fourth-order valence-electron chi connectivity index (χ4n) is 2.49. The number of H-pyrrole nitrogens is 2. The second kappa shape index (κ2) is 5.13. The average Bonchev–Trinajstić information content (AvgIpc) is 2.94. The van der Waals surface area contributed by atoms with E-state index in [0.29, 0.717) is 28.0 Å². The Bertz CT molecular complexity index is 1050. The lowest BCUT2D eigenvalue weighted by molar-refractivity contribution is 0.625. The normalized spacial score (nSPS) is 11.0. The zero-order chi connectivity index (χ0) is 15.8. The number of fused-ring (bicyclic) bond motifs is 1. The highest BCUT2D eigenvalue weighted by Crippen LogP contribution is 2.33. The first-order chi connectivity index (χ1) is 11.2. The molecule has 0 saturated carbocycles. The van der Waals surface area contributed by atoms with Crippen molar-refractivity contribution in [3.05, 3.63) is 65.4 Å². The monoisotopic (exact) mass is 307 g/mol. The van der Waals surface area contributed by atoms with E-state index in [4.69, 9.17) is 0 Å². The van der Waals surface area contributed by atoms with Gasteiger partial charge in [-0.3, -0.25) is 15.0 Å². The first-order valence-corrected chi connectivity index (χ1v) is 6.86. The standard InChI is InChI=1S/C16H10FN5O/c17-12-8-19-5-3-10(12)11-6-13-15(22-16(23)20-13)21-14(11)9-2-1-4-18-7-9/h1-8H,(H2,20,21,22,23). The van der Waals surface area contributed by atoms with Crippen LogP contribution in [0.1, 0.15) is 0 Å². The van der Waals surface area contributed by atoms with Crippen molar-refractivity contribution in [1.82, 2.24) is 24.9 Å². The Morgan fingerprint density at radius 3 is 2.65 bits per heavy atom. The lowest BCUT2D eigenvalue weighted by atomic mass is 10.0. The third-order valence-electron chi connectivity index (χ3n) is 3.50. The summed E-state index contributed by atoms with van der Waals surface area (Å²) in [5, 5.41) is 0. The average molecular weight is 307 g/mol. The quantitative estimate of drug-likeness (QED) is 0.595. The molecular weight excluding hydrogens is 297 g/mol. The van der Waals surface area contributed by atoms with Crippen LogP contribution in [0.5, 0.6) is 0 Å². The minimum absolute atomic E-state index is 0.357. The van der Waals surface area contributed by atoms with Gasteiger partial charge in [0.25, 0.3) is 0 Å². The van der Waals surface area contributed by atoms with E-state index in [1.165, 1.54) is 6.20 Å². The Kier molecular flexibility index (Phi) is 2.97. The molecule has 4 aromatic rings. The summed E-state index contributed by atoms with van der Waals surface area (Å²) in [7, 11) is 0. The summed E-state index contributed by atoms with van der Waals surface area (Å²) in [5.74, 6) is -0.461. The van der Waals surface area contributed by atoms with Crippen molar-refractivity contribution in [2.24, 2.45) is 0 Å². The summed E-state index contributed by atoms with van der Waals surface area (Å²) < 4.78 is 14.2. The molecule has 112 valence electrons. The number of imidazole rings is 1. The van der Waals surface area contributed by atoms with Gasteiger partial charge in [-0.05, 0) is 24.3 Å². The van der Waals surface area contributed by atoms with Gasteiger partial charge in [0.1, 0.15) is 5.82 Å². The van der Waals surface area contributed by atoms with Crippen LogP contribution in [-0.2, 0) is 0 Å². The summed E-state index contributed by atoms with van der Waals surface area (Å²) in [6.45, 7) is 0. The smallest absolute Gasteiger partial charge is 0.304 e. The first-order valence-electron chi connectivity index (χ1n) is 6.86. The second-order valence-corrected chi connectivity index (χ2v) is 4.96. The van der Waals surface area contributed by atoms with E-state index < -0.39 is 5.82 Å². The highest BCUT2D eigenvalue weighted by Gasteiger charge is 2.15. The van der Waals surface area contributed by atoms with Crippen LogP contribution in [0.4, 0.5) is 4.39 Å². The van der Waals surface area contributed by atoms with Gasteiger partial charge in [-0.25, -0.2) is 14.2 Å². The number of aromatic nitrogens is 5. The van der Waals surface area contributed by atoms with Gasteiger partial charge in [0.05, 0.1) is 17.4 Å². The predicted octanol–water partition coefficient (Wildman–Crippen LogP) is 2.51. The number of pyridine rings is 3. The molecule has 0 aliphatic heterocycles. The molecule has 0 aromatic carbocycles. The summed E-state index contributed by atoms with van der Waals surface area (Å²) in [6.07, 6.45) is 5.94. The number of hydrogen-bond donors (Lipinski definition) is 2. The third-order valence-corrected chi connectivity index (χ3v) is 3.50. The van der Waals surface area contributed by atoms with Crippen molar-refractivity contribution in [3.8, 4) is 22.4 Å². The first kappa shape index (κ1) is 13.3. The van der Waals surface area contributed by atoms with Crippen LogP contribution in [0.2, 0.25) is 0 Å². The maximum atomic E-state index is 14.2. The molecule has 0 amide bonds. The number of aromatic amines is 2. The van der Waals surface area contributed by atoms with E-state index in [9.17, 15) is 9.18 Å². The molecule has 4 heterocycles. The van der Waals surface area contributed by atoms with Crippen molar-refractivity contribution >= 4 is 11.2 Å². The van der Waals surface area contributed by atoms with E-state index in [0.717, 1.165) is 11.8 Å². The largest absolute Gasteiger partial charge is 0.325 e. The number of nitrogens with zero attached hydrogens (tertiary/aromatic N) is 3. The summed E-state index contributed by atoms with van der Waals surface area (Å²) in [5.41, 5.74) is 2.72. The Morgan fingerprint density at radius 1 is 1.00 bits per heavy atom. The van der Waals surface area contributed by atoms with Gasteiger partial charge in [0.2, 0.25) is 0 Å². The zero-order valence-electron chi connectivity index (χ0n) is 11.7. The Hall–Kier alpha value is -3.35. The van der Waals surface area contributed by atoms with Crippen molar-refractivity contribution in [1.29, 1.82) is 0 Å². The van der Waals surface area contributed by atoms with E-state index in [1.54, 1.807) is 30.6 Å². The minimum Gasteiger partial charge on any atom is -0.304 e. The molecule has 4 aromatic heterocycles. The molecule has 2 N–H and O–H groups in total. The van der Waals surface area contributed by atoms with Gasteiger partial charge < -0.3 is 4.98 Å². The molecule has 0 radical (unpaired) electrons. The Balaban J connectivity index is 2.08. The number of nitrogens with one attached hydrogen (secondary N) is 2. The molecule has 4 rings (SSSR count). The molecule has 0 aliphatic carbocycles. The fraction of sp³-hybridized carbons (Fsp3) is 0. The lowest BCUT2D eigenvalue weighted by Gasteiger charge is -2.10. The van der Waals surface area contributed by atoms with E-state index in [-0.39, 0.29) is 5.69 Å². The van der Waals surface area contributed by atoms with E-state index in [1.807, 2.05) is 6.07 Å². The molecule has 0 aliphatic rings. The summed E-state index contributed by atoms with van der Waals surface area (Å²) >= 11 is 0. The van der Waals surface area contributed by atoms with Crippen LogP contribution in [0, 0.1) is 5.82 Å². The van der Waals surface area contributed by atoms with Crippen molar-refractivity contribution in [3.63, 3.8) is 0 Å². The SMILES string of the molecule is O=c1[nH]c2cc(-c3ccncc3F)c(-c3cccnc3)nc2[nH]1. The molecule has 0 bridgehead atoms. The van der Waals surface area contributed by atoms with Crippen LogP contribution < -0.4 is 5.69 Å². The molecule has 0 unspecified atom stereocenters. The highest BCUT2D eigenvalue weighted by atomic mass is 19.1. The van der Waals surface area contributed by atoms with E-state index >= 15 is 0 Å². The minimum atomic E-state index is -0.461. The lowest BCUT2D eigenvalue weighted by Crippen LogP contribution is -1.99. The van der Waals surface area contributed by atoms with Gasteiger partial charge in [-0.2, -0.15) is 0 Å². The molecule has 6 nitrogen and oxygen atoms in total. The van der Waals surface area contributed by atoms with Crippen LogP contribution in [0.3, 0.4) is 0 Å². The molecule has 0 atom stereocenters. The number of hydrogen-bond acceptors (Lipinski definition) is 4. The molecule has 23 heavy (non-hydrogen) atoms. The number of halogens is 1. The summed E-state index contributed by atoms with van der Waals surface area (Å²) in [6, 6.07) is 6.87. The van der Waals surface area contributed by atoms with Crippen LogP contribution in [-0.4, -0.2) is 24.9 Å².